The Balaban J connectivity index is 1.54. The largest absolute Gasteiger partial charge is 0.340 e. The SMILES string of the molecule is Cc1cc(Nc2ccccc2)nc(SCc2nccc3ccccc23)n1. The fourth-order valence-corrected chi connectivity index (χ4v) is 3.64. The average Bonchev–Trinajstić information content (AvgIpc) is 2.67. The first kappa shape index (κ1) is 16.5. The molecule has 4 rings (SSSR count). The van der Waals surface area contributed by atoms with E-state index in [1.807, 2.05) is 67.7 Å². The van der Waals surface area contributed by atoms with E-state index in [1.165, 1.54) is 10.8 Å². The molecule has 2 aromatic carbocycles. The Kier molecular flexibility index (Phi) is 4.80. The molecule has 0 aliphatic carbocycles. The van der Waals surface area contributed by atoms with Crippen molar-refractivity contribution in [2.24, 2.45) is 0 Å². The van der Waals surface area contributed by atoms with Gasteiger partial charge >= 0.3 is 0 Å². The number of benzene rings is 2. The van der Waals surface area contributed by atoms with Crippen molar-refractivity contribution >= 4 is 34.0 Å². The second-order valence-electron chi connectivity index (χ2n) is 5.94. The average molecular weight is 358 g/mol. The highest BCUT2D eigenvalue weighted by atomic mass is 32.2. The van der Waals surface area contributed by atoms with Gasteiger partial charge in [-0.15, -0.1) is 0 Å². The van der Waals surface area contributed by atoms with Gasteiger partial charge < -0.3 is 5.32 Å². The van der Waals surface area contributed by atoms with Gasteiger partial charge in [-0.05, 0) is 30.5 Å². The molecule has 0 aliphatic heterocycles. The summed E-state index contributed by atoms with van der Waals surface area (Å²) in [7, 11) is 0. The van der Waals surface area contributed by atoms with Gasteiger partial charge in [-0.25, -0.2) is 9.97 Å². The molecule has 4 nitrogen and oxygen atoms in total. The van der Waals surface area contributed by atoms with Crippen molar-refractivity contribution in [2.75, 3.05) is 5.32 Å². The lowest BCUT2D eigenvalue weighted by atomic mass is 10.1. The number of aryl methyl sites for hydroxylation is 1. The van der Waals surface area contributed by atoms with Gasteiger partial charge in [0.15, 0.2) is 5.16 Å². The number of aromatic nitrogens is 3. The number of nitrogens with one attached hydrogen (secondary N) is 1. The Hall–Kier alpha value is -2.92. The molecule has 0 atom stereocenters. The first-order valence-electron chi connectivity index (χ1n) is 8.41. The summed E-state index contributed by atoms with van der Waals surface area (Å²) in [5, 5.41) is 6.46. The van der Waals surface area contributed by atoms with Crippen LogP contribution in [-0.4, -0.2) is 15.0 Å². The minimum absolute atomic E-state index is 0.732. The zero-order valence-electron chi connectivity index (χ0n) is 14.4. The van der Waals surface area contributed by atoms with Crippen molar-refractivity contribution in [3.63, 3.8) is 0 Å². The van der Waals surface area contributed by atoms with E-state index in [-0.39, 0.29) is 0 Å². The van der Waals surface area contributed by atoms with Crippen LogP contribution in [0.4, 0.5) is 11.5 Å². The van der Waals surface area contributed by atoms with Crippen LogP contribution in [0.2, 0.25) is 0 Å². The number of rotatable bonds is 5. The molecule has 0 unspecified atom stereocenters. The molecule has 0 spiro atoms. The van der Waals surface area contributed by atoms with Crippen molar-refractivity contribution in [3.05, 3.63) is 84.3 Å². The molecule has 0 radical (unpaired) electrons. The lowest BCUT2D eigenvalue weighted by molar-refractivity contribution is 0.936. The van der Waals surface area contributed by atoms with Crippen molar-refractivity contribution in [1.29, 1.82) is 0 Å². The first-order valence-corrected chi connectivity index (χ1v) is 9.40. The Morgan fingerprint density at radius 2 is 1.73 bits per heavy atom. The molecular weight excluding hydrogens is 340 g/mol. The Morgan fingerprint density at radius 1 is 0.923 bits per heavy atom. The molecule has 1 N–H and O–H groups in total. The Bertz CT molecular complexity index is 1030. The zero-order valence-corrected chi connectivity index (χ0v) is 15.2. The molecule has 5 heteroatoms. The van der Waals surface area contributed by atoms with Gasteiger partial charge in [0.1, 0.15) is 5.82 Å². The van der Waals surface area contributed by atoms with Crippen LogP contribution in [0.15, 0.2) is 78.1 Å². The van der Waals surface area contributed by atoms with Crippen molar-refractivity contribution < 1.29 is 0 Å². The number of pyridine rings is 1. The minimum Gasteiger partial charge on any atom is -0.340 e. The van der Waals surface area contributed by atoms with E-state index >= 15 is 0 Å². The normalized spacial score (nSPS) is 10.8. The molecular formula is C21H18N4S. The predicted molar refractivity (Wildman–Crippen MR) is 108 cm³/mol. The number of fused-ring (bicyclic) bond motifs is 1. The standard InChI is InChI=1S/C21H18N4S/c1-15-13-20(24-17-8-3-2-4-9-17)25-21(23-15)26-14-19-18-10-6-5-7-16(18)11-12-22-19/h2-13H,14H2,1H3,(H,23,24,25). The smallest absolute Gasteiger partial charge is 0.190 e. The molecule has 4 aromatic rings. The van der Waals surface area contributed by atoms with E-state index in [9.17, 15) is 0 Å². The third kappa shape index (κ3) is 3.83. The maximum absolute atomic E-state index is 4.64. The van der Waals surface area contributed by atoms with E-state index in [0.717, 1.165) is 33.8 Å². The summed E-state index contributed by atoms with van der Waals surface area (Å²) in [5.74, 6) is 1.53. The summed E-state index contributed by atoms with van der Waals surface area (Å²) in [5.41, 5.74) is 3.00. The summed E-state index contributed by atoms with van der Waals surface area (Å²) in [6.45, 7) is 1.98. The first-order chi connectivity index (χ1) is 12.8. The highest BCUT2D eigenvalue weighted by molar-refractivity contribution is 7.98. The van der Waals surface area contributed by atoms with Crippen molar-refractivity contribution in [3.8, 4) is 0 Å². The van der Waals surface area contributed by atoms with E-state index in [0.29, 0.717) is 0 Å². The van der Waals surface area contributed by atoms with Crippen molar-refractivity contribution in [2.45, 2.75) is 17.8 Å². The van der Waals surface area contributed by atoms with Crippen LogP contribution in [0.25, 0.3) is 10.8 Å². The number of hydrogen-bond donors (Lipinski definition) is 1. The second-order valence-corrected chi connectivity index (χ2v) is 6.88. The molecule has 0 bridgehead atoms. The number of hydrogen-bond acceptors (Lipinski definition) is 5. The molecule has 26 heavy (non-hydrogen) atoms. The highest BCUT2D eigenvalue weighted by Gasteiger charge is 2.07. The lowest BCUT2D eigenvalue weighted by Crippen LogP contribution is -1.99. The summed E-state index contributed by atoms with van der Waals surface area (Å²) in [6.07, 6.45) is 1.86. The number of para-hydroxylation sites is 1. The van der Waals surface area contributed by atoms with Gasteiger partial charge in [0.05, 0.1) is 5.69 Å². The summed E-state index contributed by atoms with van der Waals surface area (Å²) < 4.78 is 0. The van der Waals surface area contributed by atoms with Gasteiger partial charge in [-0.3, -0.25) is 4.98 Å². The maximum Gasteiger partial charge on any atom is 0.190 e. The van der Waals surface area contributed by atoms with Gasteiger partial charge in [0, 0.05) is 34.8 Å². The number of thioether (sulfide) groups is 1. The summed E-state index contributed by atoms with van der Waals surface area (Å²) in [4.78, 5) is 13.7. The van der Waals surface area contributed by atoms with Crippen LogP contribution in [0.1, 0.15) is 11.4 Å². The number of anilines is 2. The third-order valence-electron chi connectivity index (χ3n) is 3.97. The van der Waals surface area contributed by atoms with Gasteiger partial charge in [-0.1, -0.05) is 54.2 Å². The highest BCUT2D eigenvalue weighted by Crippen LogP contribution is 2.25. The van der Waals surface area contributed by atoms with Crippen LogP contribution >= 0.6 is 11.8 Å². The lowest BCUT2D eigenvalue weighted by Gasteiger charge is -2.09. The molecule has 128 valence electrons. The Morgan fingerprint density at radius 3 is 2.62 bits per heavy atom. The second kappa shape index (κ2) is 7.54. The van der Waals surface area contributed by atoms with Crippen LogP contribution in [0, 0.1) is 6.92 Å². The fraction of sp³-hybridized carbons (Fsp3) is 0.0952. The van der Waals surface area contributed by atoms with Gasteiger partial charge in [0.2, 0.25) is 0 Å². The topological polar surface area (TPSA) is 50.7 Å². The Labute approximate surface area is 156 Å². The maximum atomic E-state index is 4.64. The molecule has 0 saturated carbocycles. The molecule has 0 amide bonds. The van der Waals surface area contributed by atoms with Crippen LogP contribution in [0.5, 0.6) is 0 Å². The van der Waals surface area contributed by atoms with Crippen LogP contribution < -0.4 is 5.32 Å². The van der Waals surface area contributed by atoms with Gasteiger partial charge in [0.25, 0.3) is 0 Å². The van der Waals surface area contributed by atoms with E-state index in [1.54, 1.807) is 11.8 Å². The fourth-order valence-electron chi connectivity index (χ4n) is 2.77. The zero-order chi connectivity index (χ0) is 17.8. The van der Waals surface area contributed by atoms with Crippen LogP contribution in [0.3, 0.4) is 0 Å². The predicted octanol–water partition coefficient (Wildman–Crippen LogP) is 5.37. The molecule has 0 aliphatic rings. The van der Waals surface area contributed by atoms with Crippen LogP contribution in [-0.2, 0) is 5.75 Å². The quantitative estimate of drug-likeness (QED) is 0.384. The van der Waals surface area contributed by atoms with Gasteiger partial charge in [-0.2, -0.15) is 0 Å². The monoisotopic (exact) mass is 358 g/mol. The molecule has 2 aromatic heterocycles. The number of nitrogens with zero attached hydrogens (tertiary/aromatic N) is 3. The van der Waals surface area contributed by atoms with E-state index < -0.39 is 0 Å². The molecule has 0 fully saturated rings. The summed E-state index contributed by atoms with van der Waals surface area (Å²) in [6, 6.07) is 22.3. The summed E-state index contributed by atoms with van der Waals surface area (Å²) >= 11 is 1.60. The van der Waals surface area contributed by atoms with E-state index in [4.69, 9.17) is 0 Å². The molecule has 2 heterocycles. The third-order valence-corrected chi connectivity index (χ3v) is 4.83. The minimum atomic E-state index is 0.732. The van der Waals surface area contributed by atoms with Crippen molar-refractivity contribution in [1.82, 2.24) is 15.0 Å². The molecule has 0 saturated heterocycles. The van der Waals surface area contributed by atoms with E-state index in [2.05, 4.69) is 32.4 Å².